The zero-order valence-electron chi connectivity index (χ0n) is 15.9. The lowest BCUT2D eigenvalue weighted by Gasteiger charge is -2.07. The van der Waals surface area contributed by atoms with E-state index in [1.54, 1.807) is 6.08 Å². The Morgan fingerprint density at radius 1 is 0.485 bits per heavy atom. The van der Waals surface area contributed by atoms with Gasteiger partial charge in [0.05, 0.1) is 22.3 Å². The molecule has 0 bridgehead atoms. The van der Waals surface area contributed by atoms with Gasteiger partial charge in [-0.25, -0.2) is 0 Å². The van der Waals surface area contributed by atoms with Crippen molar-refractivity contribution in [2.75, 3.05) is 0 Å². The van der Waals surface area contributed by atoms with Gasteiger partial charge in [0.25, 0.3) is 23.6 Å². The van der Waals surface area contributed by atoms with Gasteiger partial charge in [-0.2, -0.15) is 0 Å². The first kappa shape index (κ1) is 29.5. The van der Waals surface area contributed by atoms with Crippen molar-refractivity contribution < 1.29 is 19.2 Å². The molecule has 0 unspecified atom stereocenters. The number of nitrogens with one attached hydrogen (secondary N) is 2. The Morgan fingerprint density at radius 2 is 0.636 bits per heavy atom. The molecule has 0 aromatic heterocycles. The third-order valence-electron chi connectivity index (χ3n) is 3.90. The zero-order valence-corrected chi connectivity index (χ0v) is 28.6. The molecule has 0 saturated carbocycles. The van der Waals surface area contributed by atoms with Crippen LogP contribution in [0.25, 0.3) is 0 Å². The summed E-state index contributed by atoms with van der Waals surface area (Å²) in [5.74, 6) is -1.57. The Labute approximate surface area is 255 Å². The van der Waals surface area contributed by atoms with Crippen molar-refractivity contribution in [2.45, 2.75) is 6.92 Å². The van der Waals surface area contributed by atoms with E-state index in [2.05, 4.69) is 145 Å². The van der Waals surface area contributed by atoms with E-state index >= 15 is 0 Å². The number of hydrogen-bond donors (Lipinski definition) is 2. The third-order valence-corrected chi connectivity index (χ3v) is 13.4. The summed E-state index contributed by atoms with van der Waals surface area (Å²) in [4.78, 5) is 46.0. The minimum Gasteiger partial charge on any atom is -0.288 e. The van der Waals surface area contributed by atoms with Gasteiger partial charge in [-0.15, -0.1) is 6.58 Å². The number of carbonyl (C=O) groups is 4. The molecule has 4 amide bonds. The van der Waals surface area contributed by atoms with Gasteiger partial charge in [0.2, 0.25) is 0 Å². The number of benzene rings is 2. The molecular formula is C19H8Br8N2O4. The highest BCUT2D eigenvalue weighted by Crippen LogP contribution is 2.44. The molecule has 0 aliphatic carbocycles. The van der Waals surface area contributed by atoms with Gasteiger partial charge < -0.3 is 0 Å². The largest absolute Gasteiger partial charge is 0.288 e. The summed E-state index contributed by atoms with van der Waals surface area (Å²) in [5, 5.41) is 4.48. The van der Waals surface area contributed by atoms with Gasteiger partial charge >= 0.3 is 0 Å². The molecule has 2 aromatic rings. The molecule has 0 radical (unpaired) electrons. The number of carbonyl (C=O) groups excluding carboxylic acids is 4. The minimum atomic E-state index is -0.393. The van der Waals surface area contributed by atoms with E-state index in [1.807, 2.05) is 6.92 Å². The van der Waals surface area contributed by atoms with Crippen LogP contribution < -0.4 is 10.6 Å². The number of allylic oxidation sites excluding steroid dienone is 1. The van der Waals surface area contributed by atoms with Crippen molar-refractivity contribution >= 4 is 151 Å². The average molecular weight is 968 g/mol. The predicted molar refractivity (Wildman–Crippen MR) is 154 cm³/mol. The lowest BCUT2D eigenvalue weighted by atomic mass is 10.1. The number of fused-ring (bicyclic) bond motifs is 2. The SMILES string of the molecule is C=CC.O=C1NC(=O)c2c(Br)c(Br)c(Br)c(Br)c21.O=C1NC(=O)c2c(Br)c(Br)c(Br)c(Br)c21. The van der Waals surface area contributed by atoms with Crippen LogP contribution in [0.2, 0.25) is 0 Å². The number of halogens is 8. The maximum atomic E-state index is 11.5. The molecule has 2 aromatic carbocycles. The van der Waals surface area contributed by atoms with E-state index in [9.17, 15) is 19.2 Å². The Morgan fingerprint density at radius 3 is 0.788 bits per heavy atom. The van der Waals surface area contributed by atoms with Crippen LogP contribution in [0.4, 0.5) is 0 Å². The molecule has 2 heterocycles. The van der Waals surface area contributed by atoms with Crippen LogP contribution in [-0.4, -0.2) is 23.6 Å². The summed E-state index contributed by atoms with van der Waals surface area (Å²) < 4.78 is 5.03. The van der Waals surface area contributed by atoms with Gasteiger partial charge in [0.1, 0.15) is 0 Å². The fraction of sp³-hybridized carbons (Fsp3) is 0.0526. The van der Waals surface area contributed by atoms with E-state index in [4.69, 9.17) is 0 Å². The van der Waals surface area contributed by atoms with Gasteiger partial charge in [-0.05, 0) is 134 Å². The molecule has 2 N–H and O–H groups in total. The van der Waals surface area contributed by atoms with Crippen LogP contribution in [0, 0.1) is 0 Å². The zero-order chi connectivity index (χ0) is 25.4. The van der Waals surface area contributed by atoms with Gasteiger partial charge in [0, 0.05) is 35.8 Å². The van der Waals surface area contributed by atoms with Crippen molar-refractivity contribution in [2.24, 2.45) is 0 Å². The first-order valence-electron chi connectivity index (χ1n) is 8.31. The fourth-order valence-electron chi connectivity index (χ4n) is 2.57. The summed E-state index contributed by atoms with van der Waals surface area (Å²) in [5.41, 5.74) is 1.40. The highest BCUT2D eigenvalue weighted by Gasteiger charge is 2.35. The fourth-order valence-corrected chi connectivity index (χ4v) is 7.53. The predicted octanol–water partition coefficient (Wildman–Crippen LogP) is 8.43. The van der Waals surface area contributed by atoms with Crippen LogP contribution in [0.5, 0.6) is 0 Å². The second-order valence-corrected chi connectivity index (χ2v) is 12.3. The molecule has 2 aliphatic rings. The molecule has 4 rings (SSSR count). The minimum absolute atomic E-state index is 0.349. The number of amides is 4. The molecule has 0 atom stereocenters. The van der Waals surface area contributed by atoms with Crippen LogP contribution in [0.15, 0.2) is 48.4 Å². The number of hydrogen-bond acceptors (Lipinski definition) is 4. The Hall–Kier alpha value is 0.300. The lowest BCUT2D eigenvalue weighted by molar-refractivity contribution is 0.0862. The molecule has 174 valence electrons. The summed E-state index contributed by atoms with van der Waals surface area (Å²) >= 11 is 26.4. The van der Waals surface area contributed by atoms with Crippen molar-refractivity contribution in [3.8, 4) is 0 Å². The Balaban J connectivity index is 0.000000209. The standard InChI is InChI=1S/2C8HBr4NO2.C3H6/c2*9-3-1-2(8(15)13-7(1)14)4(10)6(12)5(3)11;1-3-2/h2*(H,13,14,15);3H,1H2,2H3. The van der Waals surface area contributed by atoms with Gasteiger partial charge in [-0.3, -0.25) is 29.8 Å². The van der Waals surface area contributed by atoms with Gasteiger partial charge in [0.15, 0.2) is 0 Å². The highest BCUT2D eigenvalue weighted by molar-refractivity contribution is 9.15. The molecule has 0 spiro atoms. The Kier molecular flexibility index (Phi) is 10.8. The molecule has 33 heavy (non-hydrogen) atoms. The molecule has 6 nitrogen and oxygen atoms in total. The summed E-state index contributed by atoms with van der Waals surface area (Å²) in [6.07, 6.45) is 1.75. The van der Waals surface area contributed by atoms with Crippen molar-refractivity contribution in [3.05, 3.63) is 70.7 Å². The van der Waals surface area contributed by atoms with Crippen LogP contribution in [0.3, 0.4) is 0 Å². The van der Waals surface area contributed by atoms with Crippen LogP contribution in [0.1, 0.15) is 48.4 Å². The first-order valence-corrected chi connectivity index (χ1v) is 14.7. The monoisotopic (exact) mass is 959 g/mol. The van der Waals surface area contributed by atoms with Crippen molar-refractivity contribution in [1.82, 2.24) is 10.6 Å². The van der Waals surface area contributed by atoms with Crippen LogP contribution in [-0.2, 0) is 0 Å². The maximum Gasteiger partial charge on any atom is 0.260 e. The molecule has 14 heteroatoms. The second-order valence-electron chi connectivity index (χ2n) is 5.99. The summed E-state index contributed by atoms with van der Waals surface area (Å²) in [6.45, 7) is 5.25. The molecule has 0 saturated heterocycles. The van der Waals surface area contributed by atoms with E-state index in [0.29, 0.717) is 58.0 Å². The molecule has 2 aliphatic heterocycles. The topological polar surface area (TPSA) is 92.3 Å². The number of imide groups is 2. The quantitative estimate of drug-likeness (QED) is 0.120. The van der Waals surface area contributed by atoms with E-state index in [1.165, 1.54) is 0 Å². The van der Waals surface area contributed by atoms with Gasteiger partial charge in [-0.1, -0.05) is 6.08 Å². The lowest BCUT2D eigenvalue weighted by Crippen LogP contribution is -2.20. The average Bonchev–Trinajstić information content (AvgIpc) is 3.22. The smallest absolute Gasteiger partial charge is 0.260 e. The normalized spacial score (nSPS) is 13.2. The summed E-state index contributed by atoms with van der Waals surface area (Å²) in [6, 6.07) is 0. The Bertz CT molecular complexity index is 1080. The van der Waals surface area contributed by atoms with E-state index in [0.717, 1.165) is 0 Å². The number of rotatable bonds is 0. The summed E-state index contributed by atoms with van der Waals surface area (Å²) in [7, 11) is 0. The third kappa shape index (κ3) is 5.67. The second kappa shape index (κ2) is 12.0. The molecular weight excluding hydrogens is 959 g/mol. The highest BCUT2D eigenvalue weighted by atomic mass is 79.9. The van der Waals surface area contributed by atoms with Crippen molar-refractivity contribution in [1.29, 1.82) is 0 Å². The maximum absolute atomic E-state index is 11.5. The van der Waals surface area contributed by atoms with E-state index in [-0.39, 0.29) is 0 Å². The first-order chi connectivity index (χ1) is 15.3. The molecule has 0 fully saturated rings. The van der Waals surface area contributed by atoms with E-state index < -0.39 is 23.6 Å². The van der Waals surface area contributed by atoms with Crippen molar-refractivity contribution in [3.63, 3.8) is 0 Å². The van der Waals surface area contributed by atoms with Crippen LogP contribution >= 0.6 is 127 Å².